The first kappa shape index (κ1) is 48.8. The molecule has 354 valence electrons. The van der Waals surface area contributed by atoms with Gasteiger partial charge in [-0.15, -0.1) is 0 Å². The van der Waals surface area contributed by atoms with Crippen molar-refractivity contribution in [3.8, 4) is 0 Å². The molecule has 2 saturated carbocycles. The molecule has 11 rings (SSSR count). The molecule has 7 fully saturated rings. The number of aromatic nitrogens is 4. The summed E-state index contributed by atoms with van der Waals surface area (Å²) in [5.74, 6) is 3.17. The summed E-state index contributed by atoms with van der Waals surface area (Å²) in [5.41, 5.74) is 2.85. The molecule has 4 aromatic rings. The van der Waals surface area contributed by atoms with Gasteiger partial charge >= 0.3 is 35.2 Å². The molecule has 66 heavy (non-hydrogen) atoms. The van der Waals surface area contributed by atoms with E-state index in [1.165, 1.54) is 32.1 Å². The average Bonchev–Trinajstić information content (AvgIpc) is 4.08. The number of nitrogens with zero attached hydrogens (tertiary/aromatic N) is 4. The van der Waals surface area contributed by atoms with Gasteiger partial charge in [0.1, 0.15) is 11.6 Å². The Hall–Kier alpha value is -2.22. The van der Waals surface area contributed by atoms with Gasteiger partial charge in [0.15, 0.2) is 0 Å². The first-order chi connectivity index (χ1) is 30.7. The summed E-state index contributed by atoms with van der Waals surface area (Å²) in [6.45, 7) is 28.2. The van der Waals surface area contributed by atoms with Crippen LogP contribution in [0, 0.1) is 11.8 Å². The fourth-order valence-electron chi connectivity index (χ4n) is 11.3. The van der Waals surface area contributed by atoms with E-state index in [0.29, 0.717) is 23.9 Å². The molecule has 6 atom stereocenters. The zero-order valence-corrected chi connectivity index (χ0v) is 43.2. The Morgan fingerprint density at radius 3 is 1.36 bits per heavy atom. The van der Waals surface area contributed by atoms with Crippen molar-refractivity contribution in [2.45, 2.75) is 193 Å². The highest BCUT2D eigenvalue weighted by Gasteiger charge is 2.64. The number of aromatic amines is 2. The summed E-state index contributed by atoms with van der Waals surface area (Å²) in [6, 6.07) is 13.7. The third-order valence-electron chi connectivity index (χ3n) is 17.0. The summed E-state index contributed by atoms with van der Waals surface area (Å²) < 4.78 is 37.3. The van der Waals surface area contributed by atoms with Gasteiger partial charge in [-0.2, -0.15) is 0 Å². The Balaban J connectivity index is 0.000000129. The van der Waals surface area contributed by atoms with Crippen LogP contribution in [-0.2, 0) is 27.9 Å². The van der Waals surface area contributed by atoms with Crippen molar-refractivity contribution in [3.05, 3.63) is 52.5 Å². The molecule has 20 heteroatoms. The largest absolute Gasteiger partial charge is 0.494 e. The van der Waals surface area contributed by atoms with Crippen molar-refractivity contribution in [2.24, 2.45) is 11.8 Å². The minimum Gasteiger partial charge on any atom is -0.437 e. The molecule has 14 nitrogen and oxygen atoms in total. The lowest BCUT2D eigenvalue weighted by Gasteiger charge is -2.34. The van der Waals surface area contributed by atoms with E-state index in [4.69, 9.17) is 37.9 Å². The average molecular weight is 969 g/mol. The zero-order chi connectivity index (χ0) is 47.7. The maximum Gasteiger partial charge on any atom is 0.494 e. The Bertz CT molecular complexity index is 2350. The van der Waals surface area contributed by atoms with Gasteiger partial charge < -0.3 is 57.6 Å². The van der Waals surface area contributed by atoms with E-state index in [0.717, 1.165) is 50.1 Å². The number of benzene rings is 2. The number of fused-ring (bicyclic) bond motifs is 6. The quantitative estimate of drug-likeness (QED) is 0.140. The second-order valence-electron chi connectivity index (χ2n) is 23.0. The van der Waals surface area contributed by atoms with E-state index in [1.807, 2.05) is 93.3 Å². The summed E-state index contributed by atoms with van der Waals surface area (Å²) in [4.78, 5) is 21.1. The lowest BCUT2D eigenvalue weighted by molar-refractivity contribution is 0.00578. The Kier molecular flexibility index (Phi) is 12.6. The van der Waals surface area contributed by atoms with Crippen LogP contribution < -0.4 is 5.46 Å². The standard InChI is InChI=1S/C20H29B2N3O3.C14H17BBrN3O.C12H24B2O4/c1-19(2)20(3,4)28-22(27-19)13-7-9-15-16(11-13)24-18(23-15)17-12-6-8-14(10-12)25(17)21(5)26;1-15(20)19-10-4-2-8(6-10)13(19)14-17-11-5-3-9(16)7-12(11)18-14;1-9(2)10(3,4)16-13(15-9)14-17-11(5,6)12(7,8)18-14/h7,9,11-12,14,17,26H,6,8,10H2,1-5H3,(H,23,24);3,5,7-8,10,13,20H,2,4,6H2,1H3,(H,17,18);1-8H3/t12?,14?,17-;8?,10?,13-;/m00./s1. The number of nitrogens with one attached hydrogen (secondary N) is 2. The van der Waals surface area contributed by atoms with Gasteiger partial charge in [-0.25, -0.2) is 9.97 Å². The molecule has 0 radical (unpaired) electrons. The molecular formula is C46H70B5BrN6O8. The second-order valence-corrected chi connectivity index (χ2v) is 23.9. The van der Waals surface area contributed by atoms with Gasteiger partial charge in [0.2, 0.25) is 0 Å². The highest BCUT2D eigenvalue weighted by molar-refractivity contribution is 9.10. The minimum atomic E-state index is -0.476. The van der Waals surface area contributed by atoms with Gasteiger partial charge in [-0.05, 0) is 183 Å². The molecule has 4 unspecified atom stereocenters. The first-order valence-corrected chi connectivity index (χ1v) is 25.1. The number of hydrogen-bond donors (Lipinski definition) is 4. The van der Waals surface area contributed by atoms with Crippen LogP contribution in [0.15, 0.2) is 40.9 Å². The number of halogens is 1. The van der Waals surface area contributed by atoms with E-state index in [9.17, 15) is 10.0 Å². The van der Waals surface area contributed by atoms with Crippen molar-refractivity contribution < 1.29 is 38.0 Å². The highest BCUT2D eigenvalue weighted by Crippen LogP contribution is 2.51. The number of H-pyrrole nitrogens is 2. The summed E-state index contributed by atoms with van der Waals surface area (Å²) >= 11 is 3.49. The Labute approximate surface area is 401 Å². The summed E-state index contributed by atoms with van der Waals surface area (Å²) in [7, 11) is -2.19. The van der Waals surface area contributed by atoms with Crippen molar-refractivity contribution in [2.75, 3.05) is 0 Å². The number of rotatable bonds is 6. The van der Waals surface area contributed by atoms with E-state index >= 15 is 0 Å². The highest BCUT2D eigenvalue weighted by atomic mass is 79.9. The molecule has 4 N–H and O–H groups in total. The molecule has 2 aromatic heterocycles. The lowest BCUT2D eigenvalue weighted by atomic mass is 9.49. The minimum absolute atomic E-state index is 0.173. The van der Waals surface area contributed by atoms with Crippen LogP contribution in [0.4, 0.5) is 0 Å². The van der Waals surface area contributed by atoms with Gasteiger partial charge in [0, 0.05) is 16.6 Å². The maximum atomic E-state index is 10.3. The molecule has 0 spiro atoms. The van der Waals surface area contributed by atoms with Crippen LogP contribution in [0.5, 0.6) is 0 Å². The van der Waals surface area contributed by atoms with Crippen molar-refractivity contribution >= 4 is 78.7 Å². The normalized spacial score (nSPS) is 30.9. The van der Waals surface area contributed by atoms with E-state index in [2.05, 4.69) is 75.3 Å². The van der Waals surface area contributed by atoms with Gasteiger partial charge in [0.05, 0.1) is 67.8 Å². The molecule has 4 bridgehead atoms. The molecule has 0 amide bonds. The van der Waals surface area contributed by atoms with Crippen molar-refractivity contribution in [1.29, 1.82) is 0 Å². The van der Waals surface area contributed by atoms with Crippen LogP contribution in [-0.4, -0.2) is 121 Å². The van der Waals surface area contributed by atoms with Gasteiger partial charge in [-0.1, -0.05) is 22.0 Å². The fourth-order valence-corrected chi connectivity index (χ4v) is 11.7. The van der Waals surface area contributed by atoms with Crippen molar-refractivity contribution in [3.63, 3.8) is 0 Å². The predicted octanol–water partition coefficient (Wildman–Crippen LogP) is 7.71. The second kappa shape index (κ2) is 17.0. The molecule has 5 aliphatic heterocycles. The van der Waals surface area contributed by atoms with E-state index in [-0.39, 0.29) is 52.8 Å². The van der Waals surface area contributed by atoms with E-state index < -0.39 is 28.1 Å². The monoisotopic (exact) mass is 968 g/mol. The van der Waals surface area contributed by atoms with Crippen LogP contribution >= 0.6 is 15.9 Å². The van der Waals surface area contributed by atoms with E-state index in [1.54, 1.807) is 0 Å². The Morgan fingerprint density at radius 2 is 0.955 bits per heavy atom. The van der Waals surface area contributed by atoms with Gasteiger partial charge in [0.25, 0.3) is 0 Å². The van der Waals surface area contributed by atoms with Crippen LogP contribution in [0.1, 0.15) is 145 Å². The topological polar surface area (TPSA) is 160 Å². The molecular weight excluding hydrogens is 899 g/mol. The third kappa shape index (κ3) is 8.61. The number of hydrogen-bond acceptors (Lipinski definition) is 12. The maximum absolute atomic E-state index is 10.3. The number of piperidine rings is 2. The number of imidazole rings is 2. The smallest absolute Gasteiger partial charge is 0.437 e. The first-order valence-electron chi connectivity index (χ1n) is 24.3. The zero-order valence-electron chi connectivity index (χ0n) is 41.6. The van der Waals surface area contributed by atoms with Crippen LogP contribution in [0.3, 0.4) is 0 Å². The Morgan fingerprint density at radius 1 is 0.576 bits per heavy atom. The molecule has 7 aliphatic rings. The summed E-state index contributed by atoms with van der Waals surface area (Å²) in [5, 5.41) is 20.4. The van der Waals surface area contributed by atoms with Crippen LogP contribution in [0.2, 0.25) is 13.6 Å². The summed E-state index contributed by atoms with van der Waals surface area (Å²) in [6.07, 6.45) is 7.20. The molecule has 2 aliphatic carbocycles. The van der Waals surface area contributed by atoms with Crippen LogP contribution in [0.25, 0.3) is 22.1 Å². The molecule has 2 aromatic carbocycles. The third-order valence-corrected chi connectivity index (χ3v) is 17.5. The van der Waals surface area contributed by atoms with Gasteiger partial charge in [-0.3, -0.25) is 0 Å². The lowest BCUT2D eigenvalue weighted by Crippen LogP contribution is -2.44. The SMILES string of the molecule is CB(O)N1C2CCC(C2)[C@H]1c1nc2ccc(B3OC(C)(C)C(C)(C)O3)cc2[nH]1.CB(O)N1C2CCC(C2)[C@H]1c1nc2ccc(Br)cc2[nH]1.CC1(C)OB(B2OC(C)(C)C(C)(C)O2)OC1(C)C. The predicted molar refractivity (Wildman–Crippen MR) is 267 cm³/mol. The molecule has 7 heterocycles. The van der Waals surface area contributed by atoms with Crippen molar-refractivity contribution in [1.82, 2.24) is 29.6 Å². The fraction of sp³-hybridized carbons (Fsp3) is 0.696. The molecule has 5 saturated heterocycles.